The number of fused-ring (bicyclic) bond motifs is 1. The molecule has 112 valence electrons. The predicted molar refractivity (Wildman–Crippen MR) is 79.7 cm³/mol. The van der Waals surface area contributed by atoms with Crippen molar-refractivity contribution < 1.29 is 13.2 Å². The molecule has 3 rings (SSSR count). The van der Waals surface area contributed by atoms with E-state index in [0.29, 0.717) is 30.3 Å². The number of benzene rings is 1. The van der Waals surface area contributed by atoms with E-state index < -0.39 is 10.0 Å². The highest BCUT2D eigenvalue weighted by atomic mass is 32.2. The number of hydrogen-bond donors (Lipinski definition) is 1. The predicted octanol–water partition coefficient (Wildman–Crippen LogP) is 2.16. The molecule has 21 heavy (non-hydrogen) atoms. The van der Waals surface area contributed by atoms with E-state index in [0.717, 1.165) is 17.7 Å². The van der Waals surface area contributed by atoms with Crippen LogP contribution < -0.4 is 4.74 Å². The number of ether oxygens (including phenoxy) is 1. The van der Waals surface area contributed by atoms with Gasteiger partial charge >= 0.3 is 0 Å². The van der Waals surface area contributed by atoms with E-state index >= 15 is 0 Å². The lowest BCUT2D eigenvalue weighted by Crippen LogP contribution is -2.35. The fourth-order valence-electron chi connectivity index (χ4n) is 2.55. The minimum absolute atomic E-state index is 0.310. The monoisotopic (exact) mass is 306 g/mol. The average molecular weight is 306 g/mol. The van der Waals surface area contributed by atoms with E-state index in [1.807, 2.05) is 19.2 Å². The van der Waals surface area contributed by atoms with Crippen molar-refractivity contribution >= 4 is 10.0 Å². The number of H-pyrrole nitrogens is 1. The SMILES string of the molecule is CCOc1ccc(S(=O)(=O)N2CCc3[nH]ccc3C2)cc1. The summed E-state index contributed by atoms with van der Waals surface area (Å²) in [4.78, 5) is 3.46. The van der Waals surface area contributed by atoms with Gasteiger partial charge in [-0.2, -0.15) is 4.31 Å². The second-order valence-corrected chi connectivity index (χ2v) is 6.91. The summed E-state index contributed by atoms with van der Waals surface area (Å²) in [6, 6.07) is 8.54. The Morgan fingerprint density at radius 1 is 1.24 bits per heavy atom. The van der Waals surface area contributed by atoms with Gasteiger partial charge < -0.3 is 9.72 Å². The van der Waals surface area contributed by atoms with Crippen LogP contribution in [-0.4, -0.2) is 30.9 Å². The Kier molecular flexibility index (Phi) is 3.73. The van der Waals surface area contributed by atoms with E-state index in [-0.39, 0.29) is 0 Å². The first-order valence-electron chi connectivity index (χ1n) is 6.99. The third kappa shape index (κ3) is 2.69. The largest absolute Gasteiger partial charge is 0.494 e. The molecule has 0 amide bonds. The molecule has 5 nitrogen and oxygen atoms in total. The molecule has 0 spiro atoms. The van der Waals surface area contributed by atoms with Crippen LogP contribution in [0.1, 0.15) is 18.2 Å². The summed E-state index contributed by atoms with van der Waals surface area (Å²) >= 11 is 0. The molecule has 0 radical (unpaired) electrons. The Bertz CT molecular complexity index is 720. The molecule has 1 aromatic carbocycles. The molecule has 0 aliphatic carbocycles. The molecule has 0 fully saturated rings. The Balaban J connectivity index is 1.84. The van der Waals surface area contributed by atoms with Crippen LogP contribution >= 0.6 is 0 Å². The van der Waals surface area contributed by atoms with Crippen molar-refractivity contribution in [1.82, 2.24) is 9.29 Å². The number of aromatic nitrogens is 1. The van der Waals surface area contributed by atoms with E-state index in [9.17, 15) is 8.42 Å². The standard InChI is InChI=1S/C15H18N2O3S/c1-2-20-13-3-5-14(6-4-13)21(18,19)17-10-8-15-12(11-17)7-9-16-15/h3-7,9,16H,2,8,10-11H2,1H3. The fraction of sp³-hybridized carbons (Fsp3) is 0.333. The summed E-state index contributed by atoms with van der Waals surface area (Å²) in [5, 5.41) is 0. The van der Waals surface area contributed by atoms with Crippen LogP contribution in [0.5, 0.6) is 5.75 Å². The van der Waals surface area contributed by atoms with Gasteiger partial charge in [0.15, 0.2) is 0 Å². The smallest absolute Gasteiger partial charge is 0.243 e. The van der Waals surface area contributed by atoms with Crippen LogP contribution in [0.3, 0.4) is 0 Å². The number of nitrogens with one attached hydrogen (secondary N) is 1. The molecule has 0 bridgehead atoms. The topological polar surface area (TPSA) is 62.4 Å². The second-order valence-electron chi connectivity index (χ2n) is 4.97. The zero-order valence-corrected chi connectivity index (χ0v) is 12.7. The lowest BCUT2D eigenvalue weighted by Gasteiger charge is -2.26. The molecule has 1 aliphatic rings. The Hall–Kier alpha value is -1.79. The molecular weight excluding hydrogens is 288 g/mol. The number of hydrogen-bond acceptors (Lipinski definition) is 3. The van der Waals surface area contributed by atoms with Gasteiger partial charge in [0.2, 0.25) is 10.0 Å². The number of aromatic amines is 1. The summed E-state index contributed by atoms with van der Waals surface area (Å²) in [5.74, 6) is 0.683. The highest BCUT2D eigenvalue weighted by Crippen LogP contribution is 2.25. The van der Waals surface area contributed by atoms with Crippen molar-refractivity contribution in [3.05, 3.63) is 47.8 Å². The van der Waals surface area contributed by atoms with Gasteiger partial charge in [-0.25, -0.2) is 8.42 Å². The first kappa shape index (κ1) is 14.2. The molecule has 0 unspecified atom stereocenters. The maximum absolute atomic E-state index is 12.7. The van der Waals surface area contributed by atoms with Crippen LogP contribution in [0.25, 0.3) is 0 Å². The molecule has 0 atom stereocenters. The zero-order valence-electron chi connectivity index (χ0n) is 11.9. The van der Waals surface area contributed by atoms with Crippen LogP contribution in [0.2, 0.25) is 0 Å². The minimum atomic E-state index is -3.45. The minimum Gasteiger partial charge on any atom is -0.494 e. The van der Waals surface area contributed by atoms with Gasteiger partial charge in [0.25, 0.3) is 0 Å². The van der Waals surface area contributed by atoms with Gasteiger partial charge in [-0.05, 0) is 42.8 Å². The van der Waals surface area contributed by atoms with E-state index in [1.54, 1.807) is 24.3 Å². The highest BCUT2D eigenvalue weighted by molar-refractivity contribution is 7.89. The quantitative estimate of drug-likeness (QED) is 0.941. The van der Waals surface area contributed by atoms with Crippen LogP contribution in [0, 0.1) is 0 Å². The van der Waals surface area contributed by atoms with Crippen molar-refractivity contribution in [1.29, 1.82) is 0 Å². The summed E-state index contributed by atoms with van der Waals surface area (Å²) in [6.07, 6.45) is 2.58. The van der Waals surface area contributed by atoms with Crippen molar-refractivity contribution in [3.8, 4) is 5.75 Å². The second kappa shape index (κ2) is 5.54. The highest BCUT2D eigenvalue weighted by Gasteiger charge is 2.28. The van der Waals surface area contributed by atoms with Crippen molar-refractivity contribution in [2.24, 2.45) is 0 Å². The molecular formula is C15H18N2O3S. The van der Waals surface area contributed by atoms with Gasteiger partial charge in [-0.1, -0.05) is 0 Å². The molecule has 1 N–H and O–H groups in total. The maximum atomic E-state index is 12.7. The summed E-state index contributed by atoms with van der Waals surface area (Å²) in [7, 11) is -3.45. The molecule has 2 aromatic rings. The number of rotatable bonds is 4. The van der Waals surface area contributed by atoms with Crippen molar-refractivity contribution in [2.45, 2.75) is 24.8 Å². The molecule has 0 saturated carbocycles. The van der Waals surface area contributed by atoms with Gasteiger partial charge in [0, 0.05) is 31.4 Å². The van der Waals surface area contributed by atoms with Crippen LogP contribution in [0.15, 0.2) is 41.4 Å². The first-order valence-corrected chi connectivity index (χ1v) is 8.43. The van der Waals surface area contributed by atoms with Gasteiger partial charge in [-0.3, -0.25) is 0 Å². The molecule has 6 heteroatoms. The normalized spacial score (nSPS) is 15.7. The van der Waals surface area contributed by atoms with E-state index in [1.165, 1.54) is 4.31 Å². The van der Waals surface area contributed by atoms with Crippen molar-refractivity contribution in [2.75, 3.05) is 13.2 Å². The lowest BCUT2D eigenvalue weighted by molar-refractivity contribution is 0.340. The fourth-order valence-corrected chi connectivity index (χ4v) is 3.97. The Morgan fingerprint density at radius 3 is 2.71 bits per heavy atom. The first-order chi connectivity index (χ1) is 10.1. The number of sulfonamides is 1. The van der Waals surface area contributed by atoms with Gasteiger partial charge in [-0.15, -0.1) is 0 Å². The van der Waals surface area contributed by atoms with Crippen LogP contribution in [-0.2, 0) is 23.0 Å². The molecule has 0 saturated heterocycles. The van der Waals surface area contributed by atoms with Gasteiger partial charge in [0.05, 0.1) is 11.5 Å². The van der Waals surface area contributed by atoms with Crippen LogP contribution in [0.4, 0.5) is 0 Å². The molecule has 2 heterocycles. The van der Waals surface area contributed by atoms with Gasteiger partial charge in [0.1, 0.15) is 5.75 Å². The zero-order chi connectivity index (χ0) is 14.9. The third-order valence-electron chi connectivity index (χ3n) is 3.66. The third-order valence-corrected chi connectivity index (χ3v) is 5.52. The Labute approximate surface area is 124 Å². The number of nitrogens with zero attached hydrogens (tertiary/aromatic N) is 1. The summed E-state index contributed by atoms with van der Waals surface area (Å²) < 4.78 is 32.2. The summed E-state index contributed by atoms with van der Waals surface area (Å²) in [6.45, 7) is 3.39. The van der Waals surface area contributed by atoms with Crippen molar-refractivity contribution in [3.63, 3.8) is 0 Å². The Morgan fingerprint density at radius 2 is 2.00 bits per heavy atom. The molecule has 1 aliphatic heterocycles. The van der Waals surface area contributed by atoms with E-state index in [2.05, 4.69) is 4.98 Å². The van der Waals surface area contributed by atoms with E-state index in [4.69, 9.17) is 4.74 Å². The molecule has 1 aromatic heterocycles. The lowest BCUT2D eigenvalue weighted by atomic mass is 10.1. The average Bonchev–Trinajstić information content (AvgIpc) is 2.95. The maximum Gasteiger partial charge on any atom is 0.243 e. The summed E-state index contributed by atoms with van der Waals surface area (Å²) in [5.41, 5.74) is 2.18.